The third-order valence-corrected chi connectivity index (χ3v) is 0.366. The number of alkyl halides is 1. The lowest BCUT2D eigenvalue weighted by molar-refractivity contribution is 0.561. The van der Waals surface area contributed by atoms with Crippen molar-refractivity contribution in [2.75, 3.05) is 4.43 Å². The first-order valence-corrected chi connectivity index (χ1v) is 2.35. The summed E-state index contributed by atoms with van der Waals surface area (Å²) in [6, 6.07) is 0. The van der Waals surface area contributed by atoms with Crippen molar-refractivity contribution in [2.24, 2.45) is 0 Å². The van der Waals surface area contributed by atoms with Gasteiger partial charge in [0.2, 0.25) is 0 Å². The van der Waals surface area contributed by atoms with Gasteiger partial charge in [0, 0.05) is 4.79 Å². The molecular formula is C2H2IO+. The zero-order valence-corrected chi connectivity index (χ0v) is 4.15. The molecule has 0 saturated carbocycles. The predicted octanol–water partition coefficient (Wildman–Crippen LogP) is 0.531. The fourth-order valence-corrected chi connectivity index (χ4v) is 0. The molecule has 1 nitrogen and oxygen atoms in total. The number of halogens is 1. The van der Waals surface area contributed by atoms with Crippen LogP contribution in [0.15, 0.2) is 0 Å². The van der Waals surface area contributed by atoms with Crippen LogP contribution in [0.5, 0.6) is 0 Å². The van der Waals surface area contributed by atoms with Crippen LogP contribution in [0.2, 0.25) is 0 Å². The van der Waals surface area contributed by atoms with E-state index >= 15 is 0 Å². The van der Waals surface area contributed by atoms with Crippen molar-refractivity contribution in [3.8, 4) is 0 Å². The van der Waals surface area contributed by atoms with Crippen LogP contribution in [0.4, 0.5) is 0 Å². The summed E-state index contributed by atoms with van der Waals surface area (Å²) in [7, 11) is 0. The van der Waals surface area contributed by atoms with Gasteiger partial charge in [-0.15, -0.1) is 0 Å². The van der Waals surface area contributed by atoms with Crippen LogP contribution in [0, 0.1) is 0 Å². The van der Waals surface area contributed by atoms with Gasteiger partial charge in [-0.3, -0.25) is 0 Å². The molecule has 0 heterocycles. The van der Waals surface area contributed by atoms with E-state index in [0.29, 0.717) is 4.43 Å². The van der Waals surface area contributed by atoms with Crippen molar-refractivity contribution in [3.05, 3.63) is 0 Å². The summed E-state index contributed by atoms with van der Waals surface area (Å²) in [6.07, 6.45) is 1.67. The summed E-state index contributed by atoms with van der Waals surface area (Å²) in [6.45, 7) is 0. The molecule has 0 bridgehead atoms. The maximum atomic E-state index is 9.04. The average Bonchev–Trinajstić information content (AvgIpc) is 1.37. The van der Waals surface area contributed by atoms with Gasteiger partial charge in [-0.05, 0) is 22.6 Å². The highest BCUT2D eigenvalue weighted by atomic mass is 127. The Morgan fingerprint density at radius 2 is 2.25 bits per heavy atom. The van der Waals surface area contributed by atoms with E-state index in [0.717, 1.165) is 0 Å². The van der Waals surface area contributed by atoms with Gasteiger partial charge < -0.3 is 0 Å². The first-order chi connectivity index (χ1) is 1.91. The molecule has 2 heteroatoms. The average molecular weight is 169 g/mol. The van der Waals surface area contributed by atoms with Gasteiger partial charge in [0.25, 0.3) is 4.43 Å². The minimum absolute atomic E-state index is 0.484. The molecule has 0 radical (unpaired) electrons. The Morgan fingerprint density at radius 1 is 2.00 bits per heavy atom. The van der Waals surface area contributed by atoms with E-state index in [1.54, 1.807) is 6.29 Å². The second kappa shape index (κ2) is 3.31. The number of hydrogen-bond donors (Lipinski definition) is 0. The Morgan fingerprint density at radius 3 is 2.25 bits per heavy atom. The minimum Gasteiger partial charge on any atom is -0.0138 e. The SMILES string of the molecule is O=[C+]CI. The van der Waals surface area contributed by atoms with Gasteiger partial charge in [-0.25, -0.2) is 0 Å². The number of carbonyl (C=O) groups excluding carboxylic acids is 1. The summed E-state index contributed by atoms with van der Waals surface area (Å²) in [5, 5.41) is 0. The quantitative estimate of drug-likeness (QED) is 0.318. The van der Waals surface area contributed by atoms with Crippen molar-refractivity contribution >= 4 is 28.9 Å². The molecule has 0 fully saturated rings. The fourth-order valence-electron chi connectivity index (χ4n) is 0. The monoisotopic (exact) mass is 169 g/mol. The maximum absolute atomic E-state index is 9.04. The molecule has 0 amide bonds. The summed E-state index contributed by atoms with van der Waals surface area (Å²) in [5.41, 5.74) is 0. The lowest BCUT2D eigenvalue weighted by Crippen LogP contribution is -1.61. The summed E-state index contributed by atoms with van der Waals surface area (Å²) in [5.74, 6) is 0. The molecule has 0 aromatic carbocycles. The molecule has 0 rings (SSSR count). The Labute approximate surface area is 38.5 Å². The van der Waals surface area contributed by atoms with E-state index in [4.69, 9.17) is 4.79 Å². The Balaban J connectivity index is 2.30. The molecular weight excluding hydrogens is 167 g/mol. The predicted molar refractivity (Wildman–Crippen MR) is 24.6 cm³/mol. The molecule has 0 unspecified atom stereocenters. The van der Waals surface area contributed by atoms with Crippen LogP contribution >= 0.6 is 22.6 Å². The second-order valence-corrected chi connectivity index (χ2v) is 1.04. The molecule has 22 valence electrons. The molecule has 0 aliphatic carbocycles. The van der Waals surface area contributed by atoms with E-state index in [-0.39, 0.29) is 0 Å². The Bertz CT molecular complexity index is 20.0. The summed E-state index contributed by atoms with van der Waals surface area (Å²) < 4.78 is 0.484. The number of rotatable bonds is 1. The van der Waals surface area contributed by atoms with E-state index in [1.807, 2.05) is 22.6 Å². The second-order valence-electron chi connectivity index (χ2n) is 0.278. The molecule has 0 aliphatic rings. The topological polar surface area (TPSA) is 17.1 Å². The molecule has 0 N–H and O–H groups in total. The summed E-state index contributed by atoms with van der Waals surface area (Å²) in [4.78, 5) is 9.04. The smallest absolute Gasteiger partial charge is 0.0138 e. The van der Waals surface area contributed by atoms with Gasteiger partial charge in [-0.1, -0.05) is 0 Å². The van der Waals surface area contributed by atoms with Gasteiger partial charge >= 0.3 is 6.29 Å². The molecule has 0 aromatic rings. The highest BCUT2D eigenvalue weighted by Crippen LogP contribution is 1.67. The first-order valence-electron chi connectivity index (χ1n) is 0.825. The van der Waals surface area contributed by atoms with Crippen molar-refractivity contribution < 1.29 is 4.79 Å². The normalized spacial score (nSPS) is 5.25. The highest BCUT2D eigenvalue weighted by molar-refractivity contribution is 14.1. The molecule has 0 saturated heterocycles. The van der Waals surface area contributed by atoms with E-state index in [2.05, 4.69) is 0 Å². The van der Waals surface area contributed by atoms with E-state index in [1.165, 1.54) is 0 Å². The third-order valence-electron chi connectivity index (χ3n) is 0.0546. The van der Waals surface area contributed by atoms with Crippen molar-refractivity contribution in [2.45, 2.75) is 0 Å². The van der Waals surface area contributed by atoms with E-state index < -0.39 is 0 Å². The third kappa shape index (κ3) is 2.31. The minimum atomic E-state index is 0.484. The zero-order valence-electron chi connectivity index (χ0n) is 1.99. The number of hydrogen-bond acceptors (Lipinski definition) is 1. The lowest BCUT2D eigenvalue weighted by atomic mass is 11.0. The van der Waals surface area contributed by atoms with Crippen LogP contribution in [-0.4, -0.2) is 10.7 Å². The largest absolute Gasteiger partial charge is 0.517 e. The fraction of sp³-hybridized carbons (Fsp3) is 0.500. The van der Waals surface area contributed by atoms with Crippen LogP contribution in [-0.2, 0) is 4.79 Å². The van der Waals surface area contributed by atoms with Crippen molar-refractivity contribution in [1.29, 1.82) is 0 Å². The Hall–Kier alpha value is 0.310. The van der Waals surface area contributed by atoms with E-state index in [9.17, 15) is 0 Å². The van der Waals surface area contributed by atoms with Gasteiger partial charge in [0.15, 0.2) is 0 Å². The highest BCUT2D eigenvalue weighted by Gasteiger charge is 1.81. The molecule has 0 aromatic heterocycles. The lowest BCUT2D eigenvalue weighted by Gasteiger charge is -1.26. The van der Waals surface area contributed by atoms with Crippen LogP contribution in [0.3, 0.4) is 0 Å². The van der Waals surface area contributed by atoms with Gasteiger partial charge in [-0.2, -0.15) is 0 Å². The molecule has 0 spiro atoms. The molecule has 4 heavy (non-hydrogen) atoms. The van der Waals surface area contributed by atoms with Crippen LogP contribution < -0.4 is 0 Å². The van der Waals surface area contributed by atoms with Crippen molar-refractivity contribution in [1.82, 2.24) is 0 Å². The molecule has 0 atom stereocenters. The first kappa shape index (κ1) is 4.31. The Kier molecular flexibility index (Phi) is 3.57. The maximum Gasteiger partial charge on any atom is 0.517 e. The van der Waals surface area contributed by atoms with Crippen LogP contribution in [0.1, 0.15) is 0 Å². The van der Waals surface area contributed by atoms with Crippen LogP contribution in [0.25, 0.3) is 0 Å². The zero-order chi connectivity index (χ0) is 3.41. The van der Waals surface area contributed by atoms with Gasteiger partial charge in [0.05, 0.1) is 0 Å². The van der Waals surface area contributed by atoms with Crippen molar-refractivity contribution in [3.63, 3.8) is 0 Å². The standard InChI is InChI=1S/C2H2IO/c3-1-2-4/h1H2/q+1. The molecule has 0 aliphatic heterocycles. The summed E-state index contributed by atoms with van der Waals surface area (Å²) >= 11 is 1.93. The van der Waals surface area contributed by atoms with Gasteiger partial charge in [0.1, 0.15) is 0 Å².